The number of hydrogen-bond acceptors (Lipinski definition) is 1. The van der Waals surface area contributed by atoms with Crippen molar-refractivity contribution >= 4 is 5.96 Å². The number of nitrogens with zero attached hydrogens (tertiary/aromatic N) is 2. The van der Waals surface area contributed by atoms with E-state index in [0.29, 0.717) is 0 Å². The van der Waals surface area contributed by atoms with Crippen molar-refractivity contribution in [3.8, 4) is 0 Å². The van der Waals surface area contributed by atoms with Gasteiger partial charge >= 0.3 is 0 Å². The zero-order valence-electron chi connectivity index (χ0n) is 14.1. The van der Waals surface area contributed by atoms with Crippen molar-refractivity contribution in [2.45, 2.75) is 32.6 Å². The van der Waals surface area contributed by atoms with Gasteiger partial charge in [-0.15, -0.1) is 0 Å². The zero-order valence-corrected chi connectivity index (χ0v) is 14.1. The summed E-state index contributed by atoms with van der Waals surface area (Å²) in [4.78, 5) is 6.95. The summed E-state index contributed by atoms with van der Waals surface area (Å²) in [5, 5.41) is 3.62. The predicted molar refractivity (Wildman–Crippen MR) is 93.2 cm³/mol. The van der Waals surface area contributed by atoms with E-state index in [4.69, 9.17) is 0 Å². The van der Waals surface area contributed by atoms with Gasteiger partial charge in [0.2, 0.25) is 0 Å². The van der Waals surface area contributed by atoms with Crippen molar-refractivity contribution in [3.63, 3.8) is 0 Å². The minimum absolute atomic E-state index is 0.742. The molecule has 1 N–H and O–H groups in total. The van der Waals surface area contributed by atoms with Gasteiger partial charge in [0.15, 0.2) is 5.96 Å². The monoisotopic (exact) mass is 299 g/mol. The van der Waals surface area contributed by atoms with Crippen LogP contribution in [0.1, 0.15) is 38.2 Å². The first-order chi connectivity index (χ1) is 10.7. The van der Waals surface area contributed by atoms with Crippen LogP contribution in [-0.4, -0.2) is 37.5 Å². The number of piperidine rings is 1. The Labute approximate surface area is 134 Å². The minimum Gasteiger partial charge on any atom is -0.356 e. The quantitative estimate of drug-likeness (QED) is 0.685. The van der Waals surface area contributed by atoms with Crippen LogP contribution in [0.25, 0.3) is 0 Å². The normalized spacial score (nSPS) is 32.0. The van der Waals surface area contributed by atoms with Crippen LogP contribution in [0.2, 0.25) is 0 Å². The molecule has 3 nitrogen and oxygen atoms in total. The highest BCUT2D eigenvalue weighted by molar-refractivity contribution is 5.80. The molecule has 0 spiro atoms. The molecule has 4 unspecified atom stereocenters. The molecule has 3 heteroatoms. The Hall–Kier alpha value is -1.51. The van der Waals surface area contributed by atoms with E-state index >= 15 is 0 Å². The highest BCUT2D eigenvalue weighted by atomic mass is 15.3. The van der Waals surface area contributed by atoms with Gasteiger partial charge in [-0.25, -0.2) is 0 Å². The first-order valence-corrected chi connectivity index (χ1v) is 8.68. The molecule has 1 saturated heterocycles. The fourth-order valence-electron chi connectivity index (χ4n) is 3.97. The van der Waals surface area contributed by atoms with E-state index in [-0.39, 0.29) is 0 Å². The maximum Gasteiger partial charge on any atom is 0.193 e. The average molecular weight is 299 g/mol. The Bertz CT molecular complexity index is 501. The maximum absolute atomic E-state index is 4.51. The lowest BCUT2D eigenvalue weighted by atomic mass is 9.92. The molecule has 0 aromatic heterocycles. The molecule has 1 aliphatic carbocycles. The van der Waals surface area contributed by atoms with Gasteiger partial charge in [0.05, 0.1) is 0 Å². The molecule has 1 heterocycles. The Morgan fingerprint density at radius 2 is 1.82 bits per heavy atom. The Kier molecular flexibility index (Phi) is 4.70. The molecule has 120 valence electrons. The second kappa shape index (κ2) is 6.72. The first kappa shape index (κ1) is 15.4. The molecule has 0 bridgehead atoms. The molecular formula is C19H29N3. The minimum atomic E-state index is 0.742. The lowest BCUT2D eigenvalue weighted by Gasteiger charge is -2.37. The number of benzene rings is 1. The Balaban J connectivity index is 1.50. The van der Waals surface area contributed by atoms with E-state index in [1.165, 1.54) is 18.4 Å². The van der Waals surface area contributed by atoms with Crippen molar-refractivity contribution in [1.29, 1.82) is 0 Å². The maximum atomic E-state index is 4.51. The van der Waals surface area contributed by atoms with Gasteiger partial charge in [0, 0.05) is 26.7 Å². The number of aliphatic imine (C=N–C) groups is 1. The third-order valence-electron chi connectivity index (χ3n) is 5.05. The van der Waals surface area contributed by atoms with Crippen molar-refractivity contribution in [2.75, 3.05) is 26.7 Å². The molecule has 0 radical (unpaired) electrons. The van der Waals surface area contributed by atoms with Gasteiger partial charge in [-0.1, -0.05) is 44.2 Å². The molecule has 1 saturated carbocycles. The molecule has 3 rings (SSSR count). The second-order valence-corrected chi connectivity index (χ2v) is 7.29. The molecule has 1 aromatic rings. The molecule has 22 heavy (non-hydrogen) atoms. The van der Waals surface area contributed by atoms with E-state index in [9.17, 15) is 0 Å². The first-order valence-electron chi connectivity index (χ1n) is 8.68. The topological polar surface area (TPSA) is 27.6 Å². The fraction of sp³-hybridized carbons (Fsp3) is 0.632. The standard InChI is InChI=1S/C19H29N3/c1-14-9-15(2)13-22(12-14)19(20-3)21-11-17-10-18(17)16-7-5-4-6-8-16/h4-8,14-15,17-18H,9-13H2,1-3H3,(H,20,21). The van der Waals surface area contributed by atoms with Crippen molar-refractivity contribution in [3.05, 3.63) is 35.9 Å². The summed E-state index contributed by atoms with van der Waals surface area (Å²) in [6.45, 7) is 8.02. The Morgan fingerprint density at radius 1 is 1.14 bits per heavy atom. The summed E-state index contributed by atoms with van der Waals surface area (Å²) in [6.07, 6.45) is 2.65. The van der Waals surface area contributed by atoms with E-state index in [2.05, 4.69) is 59.4 Å². The van der Waals surface area contributed by atoms with Crippen LogP contribution in [0.5, 0.6) is 0 Å². The molecule has 1 aliphatic heterocycles. The summed E-state index contributed by atoms with van der Waals surface area (Å²) >= 11 is 0. The summed E-state index contributed by atoms with van der Waals surface area (Å²) in [5.41, 5.74) is 1.49. The van der Waals surface area contributed by atoms with Gasteiger partial charge in [-0.2, -0.15) is 0 Å². The largest absolute Gasteiger partial charge is 0.356 e. The van der Waals surface area contributed by atoms with Crippen molar-refractivity contribution in [2.24, 2.45) is 22.7 Å². The van der Waals surface area contributed by atoms with E-state index in [1.54, 1.807) is 0 Å². The zero-order chi connectivity index (χ0) is 15.5. The number of likely N-dealkylation sites (tertiary alicyclic amines) is 1. The molecule has 2 fully saturated rings. The van der Waals surface area contributed by atoms with E-state index < -0.39 is 0 Å². The van der Waals surface area contributed by atoms with Gasteiger partial charge in [0.25, 0.3) is 0 Å². The van der Waals surface area contributed by atoms with Crippen LogP contribution < -0.4 is 5.32 Å². The lowest BCUT2D eigenvalue weighted by molar-refractivity contribution is 0.208. The molecule has 4 atom stereocenters. The SMILES string of the molecule is CN=C(NCC1CC1c1ccccc1)N1CC(C)CC(C)C1. The summed E-state index contributed by atoms with van der Waals surface area (Å²) in [7, 11) is 1.91. The fourth-order valence-corrected chi connectivity index (χ4v) is 3.97. The van der Waals surface area contributed by atoms with Crippen LogP contribution in [0.15, 0.2) is 35.3 Å². The van der Waals surface area contributed by atoms with Crippen LogP contribution in [0.3, 0.4) is 0 Å². The number of nitrogens with one attached hydrogen (secondary N) is 1. The highest BCUT2D eigenvalue weighted by Crippen LogP contribution is 2.46. The van der Waals surface area contributed by atoms with Gasteiger partial charge in [-0.05, 0) is 42.1 Å². The molecular weight excluding hydrogens is 270 g/mol. The smallest absolute Gasteiger partial charge is 0.193 e. The summed E-state index contributed by atoms with van der Waals surface area (Å²) in [5.74, 6) is 4.13. The molecule has 1 aromatic carbocycles. The van der Waals surface area contributed by atoms with Crippen LogP contribution in [0, 0.1) is 17.8 Å². The van der Waals surface area contributed by atoms with Gasteiger partial charge in [0.1, 0.15) is 0 Å². The summed E-state index contributed by atoms with van der Waals surface area (Å²) in [6, 6.07) is 10.9. The third-order valence-corrected chi connectivity index (χ3v) is 5.05. The lowest BCUT2D eigenvalue weighted by Crippen LogP contribution is -2.48. The van der Waals surface area contributed by atoms with E-state index in [0.717, 1.165) is 49.3 Å². The molecule has 2 aliphatic rings. The van der Waals surface area contributed by atoms with Crippen LogP contribution in [-0.2, 0) is 0 Å². The van der Waals surface area contributed by atoms with Crippen LogP contribution >= 0.6 is 0 Å². The van der Waals surface area contributed by atoms with Crippen LogP contribution in [0.4, 0.5) is 0 Å². The number of hydrogen-bond donors (Lipinski definition) is 1. The van der Waals surface area contributed by atoms with Crippen molar-refractivity contribution < 1.29 is 0 Å². The van der Waals surface area contributed by atoms with Crippen molar-refractivity contribution in [1.82, 2.24) is 10.2 Å². The average Bonchev–Trinajstić information content (AvgIpc) is 3.27. The number of guanidine groups is 1. The Morgan fingerprint density at radius 3 is 2.45 bits per heavy atom. The highest BCUT2D eigenvalue weighted by Gasteiger charge is 2.38. The molecule has 0 amide bonds. The number of rotatable bonds is 3. The third kappa shape index (κ3) is 3.63. The van der Waals surface area contributed by atoms with Gasteiger partial charge < -0.3 is 10.2 Å². The van der Waals surface area contributed by atoms with Gasteiger partial charge in [-0.3, -0.25) is 4.99 Å². The predicted octanol–water partition coefficient (Wildman–Crippen LogP) is 3.34. The summed E-state index contributed by atoms with van der Waals surface area (Å²) < 4.78 is 0. The van der Waals surface area contributed by atoms with E-state index in [1.807, 2.05) is 7.05 Å². The second-order valence-electron chi connectivity index (χ2n) is 7.29.